The Morgan fingerprint density at radius 1 is 1.27 bits per heavy atom. The highest BCUT2D eigenvalue weighted by atomic mass is 79.9. The van der Waals surface area contributed by atoms with Crippen LogP contribution in [0.1, 0.15) is 15.9 Å². The molecule has 2 N–H and O–H groups in total. The summed E-state index contributed by atoms with van der Waals surface area (Å²) in [5.74, 6) is -8.29. The minimum Gasteiger partial charge on any atom is -0.478 e. The fourth-order valence-corrected chi connectivity index (χ4v) is 2.05. The average Bonchev–Trinajstić information content (AvgIpc) is 2.40. The number of hydrogen-bond acceptors (Lipinski definition) is 3. The molecule has 0 heterocycles. The quantitative estimate of drug-likeness (QED) is 0.777. The van der Waals surface area contributed by atoms with Gasteiger partial charge in [0.15, 0.2) is 0 Å². The monoisotopic (exact) mass is 387 g/mol. The molecule has 5 nitrogen and oxygen atoms in total. The van der Waals surface area contributed by atoms with E-state index in [4.69, 9.17) is 5.11 Å². The van der Waals surface area contributed by atoms with E-state index in [1.807, 2.05) is 0 Å². The van der Waals surface area contributed by atoms with Crippen molar-refractivity contribution in [1.82, 2.24) is 0 Å². The molecule has 10 heteroatoms. The number of carbonyl (C=O) groups excluding carboxylic acids is 1. The lowest BCUT2D eigenvalue weighted by atomic mass is 10.1. The Balaban J connectivity index is 3.29. The van der Waals surface area contributed by atoms with Gasteiger partial charge in [-0.3, -0.25) is 4.79 Å². The first-order chi connectivity index (χ1) is 9.95. The molecule has 0 saturated carbocycles. The van der Waals surface area contributed by atoms with E-state index in [1.165, 1.54) is 13.0 Å². The molecule has 1 aromatic carbocycles. The van der Waals surface area contributed by atoms with Gasteiger partial charge in [-0.1, -0.05) is 6.07 Å². The molecule has 1 rings (SSSR count). The molecule has 0 spiro atoms. The number of anilines is 1. The van der Waals surface area contributed by atoms with Crippen LogP contribution in [0, 0.1) is 6.92 Å². The Kier molecular flexibility index (Phi) is 5.18. The maximum absolute atomic E-state index is 13.7. The third-order valence-corrected chi connectivity index (χ3v) is 3.76. The summed E-state index contributed by atoms with van der Waals surface area (Å²) in [7, 11) is 0.371. The first-order valence-corrected chi connectivity index (χ1v) is 6.39. The summed E-state index contributed by atoms with van der Waals surface area (Å²) in [6.45, 7) is 1.53. The van der Waals surface area contributed by atoms with Crippen LogP contribution in [0.5, 0.6) is 0 Å². The number of alkyl halides is 4. The van der Waals surface area contributed by atoms with E-state index in [9.17, 15) is 27.2 Å². The van der Waals surface area contributed by atoms with Gasteiger partial charge in [0.25, 0.3) is 5.91 Å². The van der Waals surface area contributed by atoms with Gasteiger partial charge in [0, 0.05) is 11.6 Å². The molecule has 0 bridgehead atoms. The smallest absolute Gasteiger partial charge is 0.458 e. The number of carboxylic acid groups (broad SMARTS) is 1. The van der Waals surface area contributed by atoms with E-state index in [-0.39, 0.29) is 4.47 Å². The predicted molar refractivity (Wildman–Crippen MR) is 71.4 cm³/mol. The SMILES string of the molecule is COC(F)(C(=O)Nc1ccc(C)c(Br)c1C(=O)O)C(F)(F)F. The zero-order chi connectivity index (χ0) is 17.3. The third kappa shape index (κ3) is 3.22. The van der Waals surface area contributed by atoms with Gasteiger partial charge in [0.2, 0.25) is 0 Å². The van der Waals surface area contributed by atoms with Crippen molar-refractivity contribution in [2.75, 3.05) is 12.4 Å². The van der Waals surface area contributed by atoms with Gasteiger partial charge in [-0.2, -0.15) is 17.6 Å². The molecule has 1 unspecified atom stereocenters. The number of rotatable bonds is 4. The number of halogens is 5. The lowest BCUT2D eigenvalue weighted by molar-refractivity contribution is -0.305. The van der Waals surface area contributed by atoms with Gasteiger partial charge >= 0.3 is 18.0 Å². The average molecular weight is 388 g/mol. The maximum Gasteiger partial charge on any atom is 0.458 e. The number of hydrogen-bond donors (Lipinski definition) is 2. The highest BCUT2D eigenvalue weighted by molar-refractivity contribution is 9.10. The molecule has 1 aromatic rings. The zero-order valence-corrected chi connectivity index (χ0v) is 12.8. The highest BCUT2D eigenvalue weighted by Crippen LogP contribution is 2.36. The predicted octanol–water partition coefficient (Wildman–Crippen LogP) is 3.27. The van der Waals surface area contributed by atoms with Crippen molar-refractivity contribution < 1.29 is 37.0 Å². The molecule has 1 amide bonds. The molecule has 1 atom stereocenters. The molecular weight excluding hydrogens is 378 g/mol. The molecule has 0 aliphatic heterocycles. The summed E-state index contributed by atoms with van der Waals surface area (Å²) < 4.78 is 55.1. The van der Waals surface area contributed by atoms with E-state index in [1.54, 1.807) is 5.32 Å². The van der Waals surface area contributed by atoms with E-state index in [2.05, 4.69) is 20.7 Å². The molecule has 0 fully saturated rings. The number of benzene rings is 1. The van der Waals surface area contributed by atoms with Crippen LogP contribution in [0.3, 0.4) is 0 Å². The van der Waals surface area contributed by atoms with E-state index >= 15 is 0 Å². The van der Waals surface area contributed by atoms with E-state index in [0.717, 1.165) is 6.07 Å². The van der Waals surface area contributed by atoms with Gasteiger partial charge in [-0.15, -0.1) is 0 Å². The minimum atomic E-state index is -5.63. The summed E-state index contributed by atoms with van der Waals surface area (Å²) in [5, 5.41) is 10.7. The zero-order valence-electron chi connectivity index (χ0n) is 11.2. The van der Waals surface area contributed by atoms with Crippen LogP contribution in [0.25, 0.3) is 0 Å². The lowest BCUT2D eigenvalue weighted by Crippen LogP contribution is -2.52. The van der Waals surface area contributed by atoms with Crippen molar-refractivity contribution >= 4 is 33.5 Å². The highest BCUT2D eigenvalue weighted by Gasteiger charge is 2.63. The number of carboxylic acids is 1. The normalized spacial score (nSPS) is 14.3. The van der Waals surface area contributed by atoms with Crippen LogP contribution >= 0.6 is 15.9 Å². The molecule has 0 aromatic heterocycles. The molecule has 0 aliphatic carbocycles. The topological polar surface area (TPSA) is 75.6 Å². The number of methoxy groups -OCH3 is 1. The molecule has 0 aliphatic rings. The molecule has 0 radical (unpaired) electrons. The minimum absolute atomic E-state index is 0.0479. The van der Waals surface area contributed by atoms with Crippen molar-refractivity contribution in [3.63, 3.8) is 0 Å². The second-order valence-corrected chi connectivity index (χ2v) is 4.97. The molecular formula is C12H10BrF4NO4. The summed E-state index contributed by atoms with van der Waals surface area (Å²) >= 11 is 2.95. The van der Waals surface area contributed by atoms with Crippen LogP contribution in [0.4, 0.5) is 23.2 Å². The Hall–Kier alpha value is -1.68. The van der Waals surface area contributed by atoms with Crippen molar-refractivity contribution in [2.45, 2.75) is 19.0 Å². The lowest BCUT2D eigenvalue weighted by Gasteiger charge is -2.25. The van der Waals surface area contributed by atoms with Crippen LogP contribution in [0.15, 0.2) is 16.6 Å². The maximum atomic E-state index is 13.7. The Bertz CT molecular complexity index is 620. The van der Waals surface area contributed by atoms with Crippen molar-refractivity contribution in [1.29, 1.82) is 0 Å². The van der Waals surface area contributed by atoms with Gasteiger partial charge < -0.3 is 15.2 Å². The largest absolute Gasteiger partial charge is 0.478 e. The standard InChI is InChI=1S/C12H10BrF4NO4/c1-5-3-4-6(7(8(5)13)9(19)20)18-10(21)11(14,22-2)12(15,16)17/h3-4H,1-2H3,(H,18,21)(H,19,20). The van der Waals surface area contributed by atoms with Gasteiger partial charge in [-0.05, 0) is 34.5 Å². The number of ether oxygens (including phenoxy) is 1. The Morgan fingerprint density at radius 2 is 1.82 bits per heavy atom. The van der Waals surface area contributed by atoms with Crippen molar-refractivity contribution in [3.8, 4) is 0 Å². The van der Waals surface area contributed by atoms with Crippen LogP contribution in [0.2, 0.25) is 0 Å². The number of aryl methyl sites for hydroxylation is 1. The second-order valence-electron chi connectivity index (χ2n) is 4.18. The van der Waals surface area contributed by atoms with Crippen LogP contribution in [-0.2, 0) is 9.53 Å². The molecule has 0 saturated heterocycles. The van der Waals surface area contributed by atoms with Gasteiger partial charge in [-0.25, -0.2) is 4.79 Å². The second kappa shape index (κ2) is 6.21. The summed E-state index contributed by atoms with van der Waals surface area (Å²) in [4.78, 5) is 22.7. The van der Waals surface area contributed by atoms with Crippen molar-refractivity contribution in [3.05, 3.63) is 27.7 Å². The number of amides is 1. The number of nitrogens with one attached hydrogen (secondary N) is 1. The van der Waals surface area contributed by atoms with Crippen LogP contribution in [-0.4, -0.2) is 36.1 Å². The van der Waals surface area contributed by atoms with Gasteiger partial charge in [0.05, 0.1) is 11.3 Å². The molecule has 22 heavy (non-hydrogen) atoms. The summed E-state index contributed by atoms with van der Waals surface area (Å²) in [6, 6.07) is 2.39. The summed E-state index contributed by atoms with van der Waals surface area (Å²) in [6.07, 6.45) is -5.63. The fourth-order valence-electron chi connectivity index (χ4n) is 1.53. The third-order valence-electron chi connectivity index (χ3n) is 2.74. The molecule has 122 valence electrons. The van der Waals surface area contributed by atoms with Gasteiger partial charge in [0.1, 0.15) is 0 Å². The van der Waals surface area contributed by atoms with Crippen LogP contribution < -0.4 is 5.32 Å². The van der Waals surface area contributed by atoms with Crippen molar-refractivity contribution in [2.24, 2.45) is 0 Å². The first-order valence-electron chi connectivity index (χ1n) is 5.60. The summed E-state index contributed by atoms with van der Waals surface area (Å²) in [5.41, 5.74) is -0.545. The number of carbonyl (C=O) groups is 2. The first kappa shape index (κ1) is 18.4. The fraction of sp³-hybridized carbons (Fsp3) is 0.333. The van der Waals surface area contributed by atoms with E-state index in [0.29, 0.717) is 12.7 Å². The van der Waals surface area contributed by atoms with E-state index < -0.39 is 35.2 Å². The number of aromatic carboxylic acids is 1. The Labute approximate surface area is 130 Å². The Morgan fingerprint density at radius 3 is 2.23 bits per heavy atom.